The normalized spacial score (nSPS) is 20.3. The summed E-state index contributed by atoms with van der Waals surface area (Å²) >= 11 is 0. The lowest BCUT2D eigenvalue weighted by Gasteiger charge is -2.26. The number of pyridine rings is 1. The maximum Gasteiger partial charge on any atom is 0.272 e. The van der Waals surface area contributed by atoms with Crippen molar-refractivity contribution in [2.24, 2.45) is 5.84 Å². The molecule has 1 aliphatic heterocycles. The molecule has 1 aromatic heterocycles. The first-order valence-electron chi connectivity index (χ1n) is 6.46. The van der Waals surface area contributed by atoms with E-state index in [9.17, 15) is 4.79 Å². The summed E-state index contributed by atoms with van der Waals surface area (Å²) in [6.07, 6.45) is 6.15. The number of carbonyl (C=O) groups is 1. The van der Waals surface area contributed by atoms with Gasteiger partial charge < -0.3 is 10.3 Å². The minimum absolute atomic E-state index is 0.0213. The summed E-state index contributed by atoms with van der Waals surface area (Å²) in [5, 5.41) is 0. The molecule has 5 heteroatoms. The first kappa shape index (κ1) is 12.8. The van der Waals surface area contributed by atoms with Crippen LogP contribution in [0.5, 0.6) is 0 Å². The summed E-state index contributed by atoms with van der Waals surface area (Å²) in [5.74, 6) is 5.30. The SMILES string of the molecule is CC1CCCCCN1C(=O)c1ccc(NN)cn1. The molecule has 1 unspecified atom stereocenters. The molecule has 98 valence electrons. The predicted molar refractivity (Wildman–Crippen MR) is 71.0 cm³/mol. The van der Waals surface area contributed by atoms with Gasteiger partial charge >= 0.3 is 0 Å². The molecule has 0 radical (unpaired) electrons. The van der Waals surface area contributed by atoms with Crippen LogP contribution in [0.25, 0.3) is 0 Å². The Labute approximate surface area is 107 Å². The molecule has 0 aromatic carbocycles. The number of anilines is 1. The Morgan fingerprint density at radius 1 is 1.44 bits per heavy atom. The number of aromatic nitrogens is 1. The Morgan fingerprint density at radius 3 is 2.94 bits per heavy atom. The lowest BCUT2D eigenvalue weighted by Crippen LogP contribution is -2.38. The highest BCUT2D eigenvalue weighted by atomic mass is 16.2. The number of likely N-dealkylation sites (tertiary alicyclic amines) is 1. The van der Waals surface area contributed by atoms with Crippen LogP contribution in [-0.2, 0) is 0 Å². The van der Waals surface area contributed by atoms with Gasteiger partial charge in [-0.1, -0.05) is 12.8 Å². The molecule has 1 amide bonds. The average molecular weight is 248 g/mol. The first-order chi connectivity index (χ1) is 8.72. The minimum Gasteiger partial charge on any atom is -0.335 e. The molecule has 0 bridgehead atoms. The van der Waals surface area contributed by atoms with Crippen molar-refractivity contribution in [3.05, 3.63) is 24.0 Å². The van der Waals surface area contributed by atoms with E-state index in [4.69, 9.17) is 5.84 Å². The second-order valence-corrected chi connectivity index (χ2v) is 4.77. The third-order valence-electron chi connectivity index (χ3n) is 3.46. The average Bonchev–Trinajstić information content (AvgIpc) is 2.63. The molecule has 0 saturated carbocycles. The summed E-state index contributed by atoms with van der Waals surface area (Å²) < 4.78 is 0. The third-order valence-corrected chi connectivity index (χ3v) is 3.46. The van der Waals surface area contributed by atoms with Crippen molar-refractivity contribution in [1.29, 1.82) is 0 Å². The van der Waals surface area contributed by atoms with Crippen LogP contribution in [0.1, 0.15) is 43.1 Å². The van der Waals surface area contributed by atoms with Crippen LogP contribution in [0.3, 0.4) is 0 Å². The van der Waals surface area contributed by atoms with Crippen molar-refractivity contribution < 1.29 is 4.79 Å². The highest BCUT2D eigenvalue weighted by Gasteiger charge is 2.23. The van der Waals surface area contributed by atoms with Gasteiger partial charge in [-0.15, -0.1) is 0 Å². The van der Waals surface area contributed by atoms with Crippen molar-refractivity contribution in [2.45, 2.75) is 38.6 Å². The quantitative estimate of drug-likeness (QED) is 0.618. The molecular formula is C13H20N4O. The van der Waals surface area contributed by atoms with Gasteiger partial charge in [-0.2, -0.15) is 0 Å². The number of hydrogen-bond acceptors (Lipinski definition) is 4. The van der Waals surface area contributed by atoms with Gasteiger partial charge in [0, 0.05) is 12.6 Å². The Bertz CT molecular complexity index is 404. The van der Waals surface area contributed by atoms with Crippen LogP contribution in [0.4, 0.5) is 5.69 Å². The highest BCUT2D eigenvalue weighted by molar-refractivity contribution is 5.92. The number of nitrogens with two attached hydrogens (primary N) is 1. The summed E-state index contributed by atoms with van der Waals surface area (Å²) in [6, 6.07) is 3.78. The Hall–Kier alpha value is -1.62. The second kappa shape index (κ2) is 5.82. The van der Waals surface area contributed by atoms with Crippen LogP contribution in [0, 0.1) is 0 Å². The zero-order valence-electron chi connectivity index (χ0n) is 10.7. The number of hydrazine groups is 1. The van der Waals surface area contributed by atoms with Gasteiger partial charge in [-0.05, 0) is 31.9 Å². The van der Waals surface area contributed by atoms with Gasteiger partial charge in [-0.25, -0.2) is 4.98 Å². The Morgan fingerprint density at radius 2 is 2.28 bits per heavy atom. The zero-order chi connectivity index (χ0) is 13.0. The number of nitrogen functional groups attached to an aromatic ring is 1. The molecule has 0 spiro atoms. The molecule has 5 nitrogen and oxygen atoms in total. The number of nitrogens with zero attached hydrogens (tertiary/aromatic N) is 2. The van der Waals surface area contributed by atoms with Gasteiger partial charge in [-0.3, -0.25) is 10.6 Å². The van der Waals surface area contributed by atoms with Crippen molar-refractivity contribution in [2.75, 3.05) is 12.0 Å². The smallest absolute Gasteiger partial charge is 0.272 e. The molecule has 1 saturated heterocycles. The van der Waals surface area contributed by atoms with Gasteiger partial charge in [0.2, 0.25) is 0 Å². The number of carbonyl (C=O) groups excluding carboxylic acids is 1. The molecule has 3 N–H and O–H groups in total. The topological polar surface area (TPSA) is 71.2 Å². The van der Waals surface area contributed by atoms with Gasteiger partial charge in [0.05, 0.1) is 11.9 Å². The lowest BCUT2D eigenvalue weighted by molar-refractivity contribution is 0.0692. The second-order valence-electron chi connectivity index (χ2n) is 4.77. The summed E-state index contributed by atoms with van der Waals surface area (Å²) in [7, 11) is 0. The minimum atomic E-state index is 0.0213. The zero-order valence-corrected chi connectivity index (χ0v) is 10.7. The maximum absolute atomic E-state index is 12.4. The van der Waals surface area contributed by atoms with Gasteiger partial charge in [0.15, 0.2) is 0 Å². The van der Waals surface area contributed by atoms with Crippen molar-refractivity contribution >= 4 is 11.6 Å². The molecular weight excluding hydrogens is 228 g/mol. The molecule has 1 atom stereocenters. The fourth-order valence-electron chi connectivity index (χ4n) is 2.33. The van der Waals surface area contributed by atoms with E-state index < -0.39 is 0 Å². The molecule has 2 rings (SSSR count). The van der Waals surface area contributed by atoms with Crippen LogP contribution in [0.2, 0.25) is 0 Å². The van der Waals surface area contributed by atoms with Gasteiger partial charge in [0.1, 0.15) is 5.69 Å². The Kier molecular flexibility index (Phi) is 4.15. The fraction of sp³-hybridized carbons (Fsp3) is 0.538. The summed E-state index contributed by atoms with van der Waals surface area (Å²) in [4.78, 5) is 18.5. The van der Waals surface area contributed by atoms with E-state index >= 15 is 0 Å². The van der Waals surface area contributed by atoms with E-state index in [1.807, 2.05) is 4.90 Å². The molecule has 18 heavy (non-hydrogen) atoms. The first-order valence-corrected chi connectivity index (χ1v) is 6.46. The largest absolute Gasteiger partial charge is 0.335 e. The summed E-state index contributed by atoms with van der Waals surface area (Å²) in [6.45, 7) is 2.94. The molecule has 1 aromatic rings. The molecule has 1 aliphatic rings. The highest BCUT2D eigenvalue weighted by Crippen LogP contribution is 2.18. The number of amides is 1. The van der Waals surface area contributed by atoms with E-state index in [-0.39, 0.29) is 5.91 Å². The van der Waals surface area contributed by atoms with Crippen LogP contribution in [0.15, 0.2) is 18.3 Å². The van der Waals surface area contributed by atoms with E-state index in [1.54, 1.807) is 18.3 Å². The molecule has 1 fully saturated rings. The number of hydrogen-bond donors (Lipinski definition) is 2. The molecule has 0 aliphatic carbocycles. The van der Waals surface area contributed by atoms with Crippen LogP contribution in [-0.4, -0.2) is 28.4 Å². The van der Waals surface area contributed by atoms with E-state index in [0.29, 0.717) is 17.4 Å². The van der Waals surface area contributed by atoms with E-state index in [2.05, 4.69) is 17.3 Å². The van der Waals surface area contributed by atoms with Crippen LogP contribution < -0.4 is 11.3 Å². The van der Waals surface area contributed by atoms with Crippen molar-refractivity contribution in [1.82, 2.24) is 9.88 Å². The van der Waals surface area contributed by atoms with E-state index in [0.717, 1.165) is 19.4 Å². The Balaban J connectivity index is 2.13. The van der Waals surface area contributed by atoms with Gasteiger partial charge in [0.25, 0.3) is 5.91 Å². The standard InChI is InChI=1S/C13H20N4O/c1-10-5-3-2-4-8-17(10)13(18)12-7-6-11(16-14)9-15-12/h6-7,9-10,16H,2-5,8,14H2,1H3. The lowest BCUT2D eigenvalue weighted by atomic mass is 10.1. The monoisotopic (exact) mass is 248 g/mol. The van der Waals surface area contributed by atoms with Crippen LogP contribution >= 0.6 is 0 Å². The van der Waals surface area contributed by atoms with Crippen molar-refractivity contribution in [3.63, 3.8) is 0 Å². The third kappa shape index (κ3) is 2.79. The summed E-state index contributed by atoms with van der Waals surface area (Å²) in [5.41, 5.74) is 3.70. The number of rotatable bonds is 2. The predicted octanol–water partition coefficient (Wildman–Crippen LogP) is 1.77. The fourth-order valence-corrected chi connectivity index (χ4v) is 2.33. The molecule has 2 heterocycles. The van der Waals surface area contributed by atoms with E-state index in [1.165, 1.54) is 12.8 Å². The van der Waals surface area contributed by atoms with Crippen molar-refractivity contribution in [3.8, 4) is 0 Å². The maximum atomic E-state index is 12.4. The number of nitrogens with one attached hydrogen (secondary N) is 1.